The van der Waals surface area contributed by atoms with Crippen molar-refractivity contribution in [3.63, 3.8) is 0 Å². The summed E-state index contributed by atoms with van der Waals surface area (Å²) in [7, 11) is 0. The van der Waals surface area contributed by atoms with E-state index in [0.717, 1.165) is 24.1 Å². The molecule has 2 aromatic heterocycles. The third-order valence-corrected chi connectivity index (χ3v) is 4.37. The third kappa shape index (κ3) is 4.14. The Labute approximate surface area is 145 Å². The van der Waals surface area contributed by atoms with E-state index >= 15 is 0 Å². The molecule has 24 heavy (non-hydrogen) atoms. The third-order valence-electron chi connectivity index (χ3n) is 3.97. The van der Waals surface area contributed by atoms with Crippen LogP contribution in [0.5, 0.6) is 5.88 Å². The van der Waals surface area contributed by atoms with Gasteiger partial charge in [-0.2, -0.15) is 0 Å². The van der Waals surface area contributed by atoms with Crippen molar-refractivity contribution < 1.29 is 9.53 Å². The molecule has 2 amide bonds. The summed E-state index contributed by atoms with van der Waals surface area (Å²) in [5.74, 6) is 0.580. The van der Waals surface area contributed by atoms with Gasteiger partial charge in [-0.3, -0.25) is 4.98 Å². The number of aromatic nitrogens is 2. The zero-order chi connectivity index (χ0) is 16.9. The topological polar surface area (TPSA) is 67.3 Å². The number of halogens is 1. The van der Waals surface area contributed by atoms with Crippen LogP contribution in [-0.4, -0.2) is 40.1 Å². The Kier molecular flexibility index (Phi) is 5.15. The molecule has 126 valence electrons. The molecule has 0 spiro atoms. The lowest BCUT2D eigenvalue weighted by Crippen LogP contribution is -2.43. The molecule has 7 heteroatoms. The molecule has 3 heterocycles. The molecular formula is C17H19ClN4O2. The Morgan fingerprint density at radius 2 is 2.04 bits per heavy atom. The predicted molar refractivity (Wildman–Crippen MR) is 92.5 cm³/mol. The Balaban J connectivity index is 1.50. The number of aryl methyl sites for hydroxylation is 1. The molecule has 1 aliphatic heterocycles. The van der Waals surface area contributed by atoms with E-state index in [-0.39, 0.29) is 12.1 Å². The van der Waals surface area contributed by atoms with E-state index in [1.54, 1.807) is 35.6 Å². The Morgan fingerprint density at radius 1 is 1.33 bits per heavy atom. The van der Waals surface area contributed by atoms with Crippen LogP contribution < -0.4 is 10.1 Å². The maximum atomic E-state index is 12.2. The highest BCUT2D eigenvalue weighted by molar-refractivity contribution is 6.31. The van der Waals surface area contributed by atoms with Crippen LogP contribution in [0.1, 0.15) is 18.4 Å². The van der Waals surface area contributed by atoms with Gasteiger partial charge in [0, 0.05) is 56.3 Å². The van der Waals surface area contributed by atoms with Crippen LogP contribution in [0.4, 0.5) is 10.5 Å². The van der Waals surface area contributed by atoms with Gasteiger partial charge in [0.1, 0.15) is 6.10 Å². The molecule has 2 aromatic rings. The summed E-state index contributed by atoms with van der Waals surface area (Å²) in [4.78, 5) is 22.2. The standard InChI is InChI=1S/C17H19ClN4O2/c1-12-10-16(20-11-15(12)18)24-14-4-8-22(9-5-14)17(23)21-13-2-6-19-7-3-13/h2-3,6-7,10-11,14H,4-5,8-9H2,1H3,(H,19,21,23). The average Bonchev–Trinajstić information content (AvgIpc) is 2.60. The Hall–Kier alpha value is -2.34. The van der Waals surface area contributed by atoms with Crippen LogP contribution in [0.3, 0.4) is 0 Å². The summed E-state index contributed by atoms with van der Waals surface area (Å²) in [6, 6.07) is 5.27. The monoisotopic (exact) mass is 346 g/mol. The van der Waals surface area contributed by atoms with Crippen LogP contribution in [0.2, 0.25) is 5.02 Å². The number of nitrogens with zero attached hydrogens (tertiary/aromatic N) is 3. The first-order chi connectivity index (χ1) is 11.6. The maximum Gasteiger partial charge on any atom is 0.321 e. The van der Waals surface area contributed by atoms with Crippen molar-refractivity contribution in [2.75, 3.05) is 18.4 Å². The second-order valence-corrected chi connectivity index (χ2v) is 6.15. The molecule has 0 radical (unpaired) electrons. The first-order valence-electron chi connectivity index (χ1n) is 7.86. The normalized spacial score (nSPS) is 15.2. The second kappa shape index (κ2) is 7.49. The number of piperidine rings is 1. The fraction of sp³-hybridized carbons (Fsp3) is 0.353. The van der Waals surface area contributed by atoms with E-state index in [4.69, 9.17) is 16.3 Å². The van der Waals surface area contributed by atoms with Gasteiger partial charge in [0.05, 0.1) is 5.02 Å². The maximum absolute atomic E-state index is 12.2. The lowest BCUT2D eigenvalue weighted by Gasteiger charge is -2.32. The quantitative estimate of drug-likeness (QED) is 0.923. The fourth-order valence-electron chi connectivity index (χ4n) is 2.56. The van der Waals surface area contributed by atoms with Crippen LogP contribution in [-0.2, 0) is 0 Å². The van der Waals surface area contributed by atoms with E-state index in [2.05, 4.69) is 15.3 Å². The number of anilines is 1. The molecule has 1 N–H and O–H groups in total. The summed E-state index contributed by atoms with van der Waals surface area (Å²) in [6.07, 6.45) is 6.50. The summed E-state index contributed by atoms with van der Waals surface area (Å²) >= 11 is 5.97. The van der Waals surface area contributed by atoms with Gasteiger partial charge in [0.15, 0.2) is 0 Å². The molecule has 0 saturated carbocycles. The van der Waals surface area contributed by atoms with Gasteiger partial charge in [-0.15, -0.1) is 0 Å². The zero-order valence-electron chi connectivity index (χ0n) is 13.4. The molecule has 3 rings (SSSR count). The van der Waals surface area contributed by atoms with Crippen LogP contribution in [0.15, 0.2) is 36.8 Å². The number of hydrogen-bond donors (Lipinski definition) is 1. The van der Waals surface area contributed by atoms with Crippen molar-refractivity contribution in [3.8, 4) is 5.88 Å². The van der Waals surface area contributed by atoms with Gasteiger partial charge in [-0.25, -0.2) is 9.78 Å². The minimum Gasteiger partial charge on any atom is -0.474 e. The van der Waals surface area contributed by atoms with Crippen molar-refractivity contribution in [2.24, 2.45) is 0 Å². The highest BCUT2D eigenvalue weighted by Gasteiger charge is 2.24. The highest BCUT2D eigenvalue weighted by atomic mass is 35.5. The van der Waals surface area contributed by atoms with Gasteiger partial charge in [0.2, 0.25) is 5.88 Å². The molecule has 0 aliphatic carbocycles. The molecule has 0 aromatic carbocycles. The SMILES string of the molecule is Cc1cc(OC2CCN(C(=O)Nc3ccncc3)CC2)ncc1Cl. The molecule has 1 fully saturated rings. The number of carbonyl (C=O) groups is 1. The average molecular weight is 347 g/mol. The Morgan fingerprint density at radius 3 is 2.71 bits per heavy atom. The summed E-state index contributed by atoms with van der Waals surface area (Å²) in [5.41, 5.74) is 1.69. The fourth-order valence-corrected chi connectivity index (χ4v) is 2.67. The molecule has 1 aliphatic rings. The lowest BCUT2D eigenvalue weighted by atomic mass is 10.1. The first kappa shape index (κ1) is 16.5. The minimum absolute atomic E-state index is 0.0584. The lowest BCUT2D eigenvalue weighted by molar-refractivity contribution is 0.111. The summed E-state index contributed by atoms with van der Waals surface area (Å²) in [6.45, 7) is 3.21. The van der Waals surface area contributed by atoms with Crippen molar-refractivity contribution in [1.82, 2.24) is 14.9 Å². The second-order valence-electron chi connectivity index (χ2n) is 5.74. The van der Waals surface area contributed by atoms with E-state index in [1.165, 1.54) is 0 Å². The number of ether oxygens (including phenoxy) is 1. The van der Waals surface area contributed by atoms with E-state index in [9.17, 15) is 4.79 Å². The molecule has 0 unspecified atom stereocenters. The first-order valence-corrected chi connectivity index (χ1v) is 8.24. The number of amides is 2. The molecule has 6 nitrogen and oxygen atoms in total. The Bertz CT molecular complexity index is 703. The summed E-state index contributed by atoms with van der Waals surface area (Å²) < 4.78 is 5.90. The van der Waals surface area contributed by atoms with Crippen LogP contribution in [0.25, 0.3) is 0 Å². The number of nitrogens with one attached hydrogen (secondary N) is 1. The number of rotatable bonds is 3. The van der Waals surface area contributed by atoms with Crippen molar-refractivity contribution in [3.05, 3.63) is 47.4 Å². The van der Waals surface area contributed by atoms with E-state index < -0.39 is 0 Å². The molecule has 1 saturated heterocycles. The number of carbonyl (C=O) groups excluding carboxylic acids is 1. The molecule has 0 atom stereocenters. The number of pyridine rings is 2. The minimum atomic E-state index is -0.0971. The predicted octanol–water partition coefficient (Wildman–Crippen LogP) is 3.51. The molecular weight excluding hydrogens is 328 g/mol. The van der Waals surface area contributed by atoms with E-state index in [0.29, 0.717) is 24.0 Å². The zero-order valence-corrected chi connectivity index (χ0v) is 14.2. The van der Waals surface area contributed by atoms with Crippen molar-refractivity contribution in [1.29, 1.82) is 0 Å². The van der Waals surface area contributed by atoms with Crippen LogP contribution >= 0.6 is 11.6 Å². The highest BCUT2D eigenvalue weighted by Crippen LogP contribution is 2.22. The largest absolute Gasteiger partial charge is 0.474 e. The van der Waals surface area contributed by atoms with Crippen molar-refractivity contribution in [2.45, 2.75) is 25.9 Å². The van der Waals surface area contributed by atoms with Gasteiger partial charge in [-0.05, 0) is 24.6 Å². The number of likely N-dealkylation sites (tertiary alicyclic amines) is 1. The van der Waals surface area contributed by atoms with Crippen molar-refractivity contribution >= 4 is 23.3 Å². The van der Waals surface area contributed by atoms with Crippen LogP contribution in [0, 0.1) is 6.92 Å². The summed E-state index contributed by atoms with van der Waals surface area (Å²) in [5, 5.41) is 3.50. The molecule has 0 bridgehead atoms. The smallest absolute Gasteiger partial charge is 0.321 e. The number of hydrogen-bond acceptors (Lipinski definition) is 4. The van der Waals surface area contributed by atoms with Gasteiger partial charge in [-0.1, -0.05) is 11.6 Å². The number of urea groups is 1. The van der Waals surface area contributed by atoms with Gasteiger partial charge in [0.25, 0.3) is 0 Å². The van der Waals surface area contributed by atoms with Gasteiger partial charge < -0.3 is 15.0 Å². The van der Waals surface area contributed by atoms with E-state index in [1.807, 2.05) is 13.0 Å². The van der Waals surface area contributed by atoms with Gasteiger partial charge >= 0.3 is 6.03 Å².